The number of carbonyl (C=O) groups is 1. The first-order valence-electron chi connectivity index (χ1n) is 9.40. The first-order valence-corrected chi connectivity index (χ1v) is 9.40. The van der Waals surface area contributed by atoms with E-state index in [0.717, 1.165) is 25.9 Å². The number of amides is 1. The fraction of sp³-hybridized carbons (Fsp3) is 0.647. The number of ether oxygens (including phenoxy) is 1. The van der Waals surface area contributed by atoms with Gasteiger partial charge in [0.25, 0.3) is 0 Å². The molecule has 0 spiro atoms. The van der Waals surface area contributed by atoms with Crippen molar-refractivity contribution in [1.29, 1.82) is 0 Å². The van der Waals surface area contributed by atoms with E-state index < -0.39 is 18.3 Å². The maximum atomic E-state index is 13.6. The zero-order valence-electron chi connectivity index (χ0n) is 15.0. The van der Waals surface area contributed by atoms with Crippen molar-refractivity contribution in [3.8, 4) is 5.75 Å². The summed E-state index contributed by atoms with van der Waals surface area (Å²) in [5.74, 6) is -0.238. The molecule has 3 aliphatic heterocycles. The van der Waals surface area contributed by atoms with Crippen LogP contribution in [0.4, 0.5) is 10.1 Å². The van der Waals surface area contributed by atoms with Crippen LogP contribution in [0.3, 0.4) is 0 Å². The van der Waals surface area contributed by atoms with Gasteiger partial charge in [-0.25, -0.2) is 14.8 Å². The molecule has 1 aromatic heterocycles. The number of nitrogens with two attached hydrogens (primary N) is 1. The third kappa shape index (κ3) is 4.04. The van der Waals surface area contributed by atoms with Crippen LogP contribution in [0.1, 0.15) is 12.8 Å². The minimum atomic E-state index is -0.995. The van der Waals surface area contributed by atoms with E-state index >= 15 is 0 Å². The molecule has 1 aromatic rings. The van der Waals surface area contributed by atoms with Crippen molar-refractivity contribution in [3.05, 3.63) is 18.5 Å². The number of rotatable bonds is 4. The number of carbonyl (C=O) groups excluding carboxylic acids is 1. The molecule has 3 fully saturated rings. The highest BCUT2D eigenvalue weighted by Crippen LogP contribution is 2.28. The van der Waals surface area contributed by atoms with Crippen molar-refractivity contribution in [2.75, 3.05) is 31.5 Å². The van der Waals surface area contributed by atoms with E-state index in [1.807, 2.05) is 0 Å². The molecular weight excluding hydrogens is 353 g/mol. The predicted octanol–water partition coefficient (Wildman–Crippen LogP) is -0.860. The molecule has 0 aromatic carbocycles. The monoisotopic (exact) mass is 379 g/mol. The Kier molecular flexibility index (Phi) is 5.50. The normalized spacial score (nSPS) is 34.1. The molecule has 3 saturated heterocycles. The predicted molar refractivity (Wildman–Crippen MR) is 97.4 cm³/mol. The fourth-order valence-corrected chi connectivity index (χ4v) is 3.87. The van der Waals surface area contributed by atoms with Crippen LogP contribution in [-0.4, -0.2) is 66.7 Å². The number of hydrazine groups is 1. The summed E-state index contributed by atoms with van der Waals surface area (Å²) in [5.41, 5.74) is 9.58. The van der Waals surface area contributed by atoms with Crippen LogP contribution in [0.2, 0.25) is 0 Å². The van der Waals surface area contributed by atoms with Crippen molar-refractivity contribution in [2.24, 2.45) is 11.7 Å². The van der Waals surface area contributed by atoms with Gasteiger partial charge < -0.3 is 21.1 Å². The number of hydrogen-bond acceptors (Lipinski definition) is 8. The molecule has 1 amide bonds. The molecule has 0 aliphatic carbocycles. The average Bonchev–Trinajstić information content (AvgIpc) is 2.99. The summed E-state index contributed by atoms with van der Waals surface area (Å²) in [6.45, 7) is 2.18. The molecule has 10 heteroatoms. The van der Waals surface area contributed by atoms with Gasteiger partial charge in [-0.15, -0.1) is 0 Å². The SMILES string of the molecule is NC1NN2CC(F)CNC2C1C(=O)Nc1cnccc1O[C@H]1CCCNC1. The number of fused-ring (bicyclic) bond motifs is 1. The molecule has 4 heterocycles. The van der Waals surface area contributed by atoms with E-state index in [1.54, 1.807) is 23.5 Å². The minimum absolute atomic E-state index is 0.0594. The van der Waals surface area contributed by atoms with Gasteiger partial charge in [-0.2, -0.15) is 0 Å². The zero-order valence-corrected chi connectivity index (χ0v) is 15.0. The van der Waals surface area contributed by atoms with Crippen LogP contribution in [-0.2, 0) is 4.79 Å². The summed E-state index contributed by atoms with van der Waals surface area (Å²) in [7, 11) is 0. The topological polar surface area (TPSA) is 117 Å². The van der Waals surface area contributed by atoms with E-state index in [0.29, 0.717) is 11.4 Å². The molecule has 0 bridgehead atoms. The van der Waals surface area contributed by atoms with E-state index in [1.165, 1.54) is 0 Å². The van der Waals surface area contributed by atoms with Crippen molar-refractivity contribution in [2.45, 2.75) is 37.4 Å². The van der Waals surface area contributed by atoms with Crippen LogP contribution in [0.5, 0.6) is 5.75 Å². The Morgan fingerprint density at radius 1 is 1.44 bits per heavy atom. The Morgan fingerprint density at radius 2 is 2.33 bits per heavy atom. The fourth-order valence-electron chi connectivity index (χ4n) is 3.87. The molecule has 0 radical (unpaired) electrons. The summed E-state index contributed by atoms with van der Waals surface area (Å²) in [6.07, 6.45) is 3.34. The number of nitrogens with one attached hydrogen (secondary N) is 4. The standard InChI is InChI=1S/C17H26FN7O2/c18-10-6-22-16-14(15(19)24-25(16)9-10)17(26)23-12-8-21-5-3-13(12)27-11-2-1-4-20-7-11/h3,5,8,10-11,14-16,20,22,24H,1-2,4,6-7,9,19H2,(H,23,26)/t10?,11-,14?,15?,16?/m0/s1. The van der Waals surface area contributed by atoms with Crippen molar-refractivity contribution in [3.63, 3.8) is 0 Å². The zero-order chi connectivity index (χ0) is 18.8. The maximum Gasteiger partial charge on any atom is 0.233 e. The van der Waals surface area contributed by atoms with Crippen LogP contribution in [0.15, 0.2) is 18.5 Å². The second-order valence-electron chi connectivity index (χ2n) is 7.23. The van der Waals surface area contributed by atoms with Gasteiger partial charge in [0.1, 0.15) is 23.7 Å². The molecule has 6 N–H and O–H groups in total. The van der Waals surface area contributed by atoms with Crippen LogP contribution in [0.25, 0.3) is 0 Å². The quantitative estimate of drug-likeness (QED) is 0.459. The largest absolute Gasteiger partial charge is 0.487 e. The van der Waals surface area contributed by atoms with Crippen LogP contribution < -0.4 is 31.8 Å². The summed E-state index contributed by atoms with van der Waals surface area (Å²) in [6, 6.07) is 1.75. The highest BCUT2D eigenvalue weighted by Gasteiger charge is 2.47. The first kappa shape index (κ1) is 18.5. The summed E-state index contributed by atoms with van der Waals surface area (Å²) >= 11 is 0. The van der Waals surface area contributed by atoms with Crippen LogP contribution >= 0.6 is 0 Å². The number of halogens is 1. The Morgan fingerprint density at radius 3 is 3.15 bits per heavy atom. The number of hydrogen-bond donors (Lipinski definition) is 5. The second kappa shape index (κ2) is 8.03. The van der Waals surface area contributed by atoms with Gasteiger partial charge >= 0.3 is 0 Å². The molecule has 27 heavy (non-hydrogen) atoms. The number of alkyl halides is 1. The average molecular weight is 379 g/mol. The third-order valence-electron chi connectivity index (χ3n) is 5.21. The van der Waals surface area contributed by atoms with E-state index in [2.05, 4.69) is 26.4 Å². The highest BCUT2D eigenvalue weighted by molar-refractivity contribution is 5.94. The lowest BCUT2D eigenvalue weighted by Gasteiger charge is -2.33. The van der Waals surface area contributed by atoms with Gasteiger partial charge in [-0.1, -0.05) is 0 Å². The molecule has 3 aliphatic rings. The Balaban J connectivity index is 1.45. The maximum absolute atomic E-state index is 13.6. The lowest BCUT2D eigenvalue weighted by Crippen LogP contribution is -2.58. The van der Waals surface area contributed by atoms with Gasteiger partial charge in [-0.05, 0) is 19.4 Å². The Hall–Kier alpha value is -1.85. The van der Waals surface area contributed by atoms with E-state index in [4.69, 9.17) is 10.5 Å². The van der Waals surface area contributed by atoms with Gasteiger partial charge in [0.2, 0.25) is 5.91 Å². The summed E-state index contributed by atoms with van der Waals surface area (Å²) < 4.78 is 19.6. The van der Waals surface area contributed by atoms with Gasteiger partial charge in [0.05, 0.1) is 24.4 Å². The van der Waals surface area contributed by atoms with Crippen molar-refractivity contribution in [1.82, 2.24) is 26.1 Å². The van der Waals surface area contributed by atoms with Crippen molar-refractivity contribution < 1.29 is 13.9 Å². The lowest BCUT2D eigenvalue weighted by molar-refractivity contribution is -0.121. The molecule has 9 nitrogen and oxygen atoms in total. The smallest absolute Gasteiger partial charge is 0.233 e. The van der Waals surface area contributed by atoms with Crippen LogP contribution in [0, 0.1) is 5.92 Å². The van der Waals surface area contributed by atoms with Gasteiger partial charge in [0.15, 0.2) is 0 Å². The Bertz CT molecular complexity index is 672. The Labute approximate surface area is 157 Å². The number of anilines is 1. The molecule has 5 atom stereocenters. The highest BCUT2D eigenvalue weighted by atomic mass is 19.1. The first-order chi connectivity index (χ1) is 13.1. The second-order valence-corrected chi connectivity index (χ2v) is 7.23. The number of nitrogens with zero attached hydrogens (tertiary/aromatic N) is 2. The van der Waals surface area contributed by atoms with E-state index in [9.17, 15) is 9.18 Å². The number of aromatic nitrogens is 1. The molecular formula is C17H26FN7O2. The van der Waals surface area contributed by atoms with Gasteiger partial charge in [0, 0.05) is 31.9 Å². The summed E-state index contributed by atoms with van der Waals surface area (Å²) in [5, 5.41) is 10.9. The third-order valence-corrected chi connectivity index (χ3v) is 5.21. The summed E-state index contributed by atoms with van der Waals surface area (Å²) in [4.78, 5) is 17.0. The minimum Gasteiger partial charge on any atom is -0.487 e. The van der Waals surface area contributed by atoms with Crippen molar-refractivity contribution >= 4 is 11.6 Å². The number of piperidine rings is 1. The molecule has 148 valence electrons. The van der Waals surface area contributed by atoms with Gasteiger partial charge in [-0.3, -0.25) is 15.1 Å². The molecule has 4 rings (SSSR count). The van der Waals surface area contributed by atoms with E-state index in [-0.39, 0.29) is 31.3 Å². The lowest BCUT2D eigenvalue weighted by atomic mass is 10.0. The molecule has 4 unspecified atom stereocenters. The molecule has 0 saturated carbocycles. The number of pyridine rings is 1.